The van der Waals surface area contributed by atoms with Crippen LogP contribution in [-0.4, -0.2) is 33.5 Å². The van der Waals surface area contributed by atoms with Gasteiger partial charge < -0.3 is 10.1 Å². The molecule has 0 amide bonds. The maximum absolute atomic E-state index is 6.19. The summed E-state index contributed by atoms with van der Waals surface area (Å²) in [6, 6.07) is 0.134. The van der Waals surface area contributed by atoms with Crippen molar-refractivity contribution in [2.45, 2.75) is 44.8 Å². The number of hydrogen-bond acceptors (Lipinski definition) is 4. The first-order valence-corrected chi connectivity index (χ1v) is 6.74. The maximum atomic E-state index is 6.19. The van der Waals surface area contributed by atoms with Gasteiger partial charge in [0.25, 0.3) is 0 Å². The van der Waals surface area contributed by atoms with E-state index in [0.29, 0.717) is 5.41 Å². The maximum Gasteiger partial charge on any atom is 0.170 e. The largest absolute Gasteiger partial charge is 0.372 e. The molecule has 3 rings (SSSR count). The highest BCUT2D eigenvalue weighted by molar-refractivity contribution is 5.11. The van der Waals surface area contributed by atoms with Gasteiger partial charge in [0.2, 0.25) is 0 Å². The fourth-order valence-electron chi connectivity index (χ4n) is 3.45. The van der Waals surface area contributed by atoms with Gasteiger partial charge in [-0.25, -0.2) is 4.98 Å². The molecule has 1 aliphatic heterocycles. The zero-order chi connectivity index (χ0) is 12.8. The third kappa shape index (κ3) is 1.95. The molecule has 100 valence electrons. The van der Waals surface area contributed by atoms with Crippen LogP contribution in [0.2, 0.25) is 0 Å². The zero-order valence-corrected chi connectivity index (χ0v) is 11.4. The Kier molecular flexibility index (Phi) is 2.71. The van der Waals surface area contributed by atoms with Gasteiger partial charge in [-0.1, -0.05) is 13.8 Å². The molecular formula is C13H22N4O. The summed E-state index contributed by atoms with van der Waals surface area (Å²) in [6.45, 7) is 6.32. The van der Waals surface area contributed by atoms with Gasteiger partial charge in [-0.3, -0.25) is 4.68 Å². The summed E-state index contributed by atoms with van der Waals surface area (Å²) < 4.78 is 7.95. The molecule has 1 aromatic heterocycles. The van der Waals surface area contributed by atoms with Gasteiger partial charge in [-0.15, -0.1) is 0 Å². The van der Waals surface area contributed by atoms with E-state index in [-0.39, 0.29) is 11.6 Å². The molecule has 1 spiro atoms. The average Bonchev–Trinajstić information content (AvgIpc) is 2.85. The number of nitrogens with one attached hydrogen (secondary N) is 1. The van der Waals surface area contributed by atoms with Gasteiger partial charge in [-0.05, 0) is 24.7 Å². The van der Waals surface area contributed by atoms with Crippen LogP contribution in [-0.2, 0) is 11.8 Å². The molecule has 1 saturated heterocycles. The number of aryl methyl sites for hydroxylation is 1. The van der Waals surface area contributed by atoms with Crippen molar-refractivity contribution in [2.24, 2.45) is 12.5 Å². The molecular weight excluding hydrogens is 228 g/mol. The highest BCUT2D eigenvalue weighted by Gasteiger charge is 2.52. The predicted octanol–water partition coefficient (Wildman–Crippen LogP) is 1.42. The molecule has 0 radical (unpaired) electrons. The van der Waals surface area contributed by atoms with Crippen LogP contribution < -0.4 is 5.32 Å². The van der Waals surface area contributed by atoms with Crippen LogP contribution in [0.25, 0.3) is 0 Å². The van der Waals surface area contributed by atoms with E-state index < -0.39 is 0 Å². The monoisotopic (exact) mass is 250 g/mol. The summed E-state index contributed by atoms with van der Waals surface area (Å²) in [7, 11) is 1.91. The average molecular weight is 250 g/mol. The van der Waals surface area contributed by atoms with Crippen molar-refractivity contribution < 1.29 is 4.74 Å². The second-order valence-corrected chi connectivity index (χ2v) is 6.42. The minimum absolute atomic E-state index is 0.108. The Balaban J connectivity index is 1.91. The van der Waals surface area contributed by atoms with Gasteiger partial charge in [0.1, 0.15) is 6.33 Å². The van der Waals surface area contributed by atoms with Crippen molar-refractivity contribution in [1.82, 2.24) is 20.1 Å². The molecule has 1 N–H and O–H groups in total. The summed E-state index contributed by atoms with van der Waals surface area (Å²) in [6.07, 6.45) is 5.14. The van der Waals surface area contributed by atoms with E-state index in [1.54, 1.807) is 11.0 Å². The predicted molar refractivity (Wildman–Crippen MR) is 68.1 cm³/mol. The van der Waals surface area contributed by atoms with Crippen LogP contribution in [0.4, 0.5) is 0 Å². The minimum atomic E-state index is -0.108. The number of rotatable bonds is 1. The third-order valence-corrected chi connectivity index (χ3v) is 4.24. The second kappa shape index (κ2) is 4.03. The topological polar surface area (TPSA) is 52.0 Å². The molecule has 2 atom stereocenters. The van der Waals surface area contributed by atoms with Gasteiger partial charge in [0.15, 0.2) is 5.82 Å². The number of ether oxygens (including phenoxy) is 1. The lowest BCUT2D eigenvalue weighted by atomic mass is 9.84. The first-order chi connectivity index (χ1) is 8.51. The van der Waals surface area contributed by atoms with Gasteiger partial charge >= 0.3 is 0 Å². The Labute approximate surface area is 108 Å². The first-order valence-electron chi connectivity index (χ1n) is 6.74. The first kappa shape index (κ1) is 12.1. The summed E-state index contributed by atoms with van der Waals surface area (Å²) in [5.74, 6) is 0.870. The van der Waals surface area contributed by atoms with E-state index in [4.69, 9.17) is 4.74 Å². The quantitative estimate of drug-likeness (QED) is 0.819. The molecule has 5 heteroatoms. The highest BCUT2D eigenvalue weighted by Crippen LogP contribution is 2.51. The molecule has 0 aromatic carbocycles. The lowest BCUT2D eigenvalue weighted by Crippen LogP contribution is -2.51. The fourth-order valence-corrected chi connectivity index (χ4v) is 3.45. The summed E-state index contributed by atoms with van der Waals surface area (Å²) in [5, 5.41) is 8.02. The van der Waals surface area contributed by atoms with Crippen molar-refractivity contribution in [3.05, 3.63) is 12.2 Å². The molecule has 2 aliphatic rings. The number of aromatic nitrogens is 3. The van der Waals surface area contributed by atoms with Gasteiger partial charge in [0.05, 0.1) is 18.2 Å². The third-order valence-electron chi connectivity index (χ3n) is 4.24. The Bertz CT molecular complexity index is 442. The lowest BCUT2D eigenvalue weighted by Gasteiger charge is -2.41. The van der Waals surface area contributed by atoms with E-state index in [1.807, 2.05) is 7.05 Å². The Morgan fingerprint density at radius 3 is 2.89 bits per heavy atom. The zero-order valence-electron chi connectivity index (χ0n) is 11.4. The van der Waals surface area contributed by atoms with Crippen LogP contribution in [0.5, 0.6) is 0 Å². The summed E-state index contributed by atoms with van der Waals surface area (Å²) >= 11 is 0. The SMILES string of the molecule is Cn1cnc(C2NCCOC23CCC(C)(C)C3)n1. The Morgan fingerprint density at radius 2 is 2.28 bits per heavy atom. The van der Waals surface area contributed by atoms with Crippen molar-refractivity contribution in [3.63, 3.8) is 0 Å². The standard InChI is InChI=1S/C13H22N4O/c1-12(2)4-5-13(8-12)10(14-6-7-18-13)11-15-9-17(3)16-11/h9-10,14H,4-8H2,1-3H3. The van der Waals surface area contributed by atoms with Crippen LogP contribution in [0.15, 0.2) is 6.33 Å². The minimum Gasteiger partial charge on any atom is -0.372 e. The summed E-state index contributed by atoms with van der Waals surface area (Å²) in [5.41, 5.74) is 0.245. The van der Waals surface area contributed by atoms with Crippen molar-refractivity contribution in [1.29, 1.82) is 0 Å². The molecule has 0 bridgehead atoms. The normalized spacial score (nSPS) is 35.2. The van der Waals surface area contributed by atoms with E-state index in [9.17, 15) is 0 Å². The Hall–Kier alpha value is -0.940. The molecule has 1 aliphatic carbocycles. The molecule has 5 nitrogen and oxygen atoms in total. The van der Waals surface area contributed by atoms with E-state index in [0.717, 1.165) is 31.8 Å². The van der Waals surface area contributed by atoms with Crippen LogP contribution in [0.1, 0.15) is 45.0 Å². The van der Waals surface area contributed by atoms with Gasteiger partial charge in [0, 0.05) is 13.6 Å². The van der Waals surface area contributed by atoms with Crippen molar-refractivity contribution >= 4 is 0 Å². The Morgan fingerprint density at radius 1 is 1.44 bits per heavy atom. The number of nitrogens with zero attached hydrogens (tertiary/aromatic N) is 3. The smallest absolute Gasteiger partial charge is 0.170 e. The molecule has 1 saturated carbocycles. The molecule has 2 heterocycles. The molecule has 1 aromatic rings. The van der Waals surface area contributed by atoms with E-state index in [1.165, 1.54) is 6.42 Å². The molecule has 18 heavy (non-hydrogen) atoms. The number of hydrogen-bond donors (Lipinski definition) is 1. The van der Waals surface area contributed by atoms with E-state index in [2.05, 4.69) is 29.2 Å². The van der Waals surface area contributed by atoms with Crippen LogP contribution in [0.3, 0.4) is 0 Å². The molecule has 2 unspecified atom stereocenters. The fraction of sp³-hybridized carbons (Fsp3) is 0.846. The lowest BCUT2D eigenvalue weighted by molar-refractivity contribution is -0.101. The summed E-state index contributed by atoms with van der Waals surface area (Å²) in [4.78, 5) is 4.42. The van der Waals surface area contributed by atoms with Crippen molar-refractivity contribution in [2.75, 3.05) is 13.2 Å². The highest BCUT2D eigenvalue weighted by atomic mass is 16.5. The van der Waals surface area contributed by atoms with Crippen molar-refractivity contribution in [3.8, 4) is 0 Å². The van der Waals surface area contributed by atoms with Gasteiger partial charge in [-0.2, -0.15) is 5.10 Å². The van der Waals surface area contributed by atoms with Crippen LogP contribution >= 0.6 is 0 Å². The second-order valence-electron chi connectivity index (χ2n) is 6.42. The van der Waals surface area contributed by atoms with E-state index >= 15 is 0 Å². The molecule has 2 fully saturated rings. The number of morpholine rings is 1. The van der Waals surface area contributed by atoms with Crippen LogP contribution in [0, 0.1) is 5.41 Å².